The van der Waals surface area contributed by atoms with Gasteiger partial charge in [0.05, 0.1) is 23.7 Å². The number of carbonyl (C=O) groups excluding carboxylic acids is 1. The summed E-state index contributed by atoms with van der Waals surface area (Å²) in [4.78, 5) is 21.3. The fraction of sp³-hybridized carbons (Fsp3) is 0.0769. The first-order valence-corrected chi connectivity index (χ1v) is 5.75. The Kier molecular flexibility index (Phi) is 3.98. The molecular weight excluding hydrogens is 280 g/mol. The summed E-state index contributed by atoms with van der Waals surface area (Å²) in [6.07, 6.45) is 0.982. The Hall–Kier alpha value is -3.16. The van der Waals surface area contributed by atoms with Gasteiger partial charge in [-0.2, -0.15) is 0 Å². The second kappa shape index (κ2) is 5.87. The maximum Gasteiger partial charge on any atom is 0.391 e. The molecule has 0 radical (unpaired) electrons. The van der Waals surface area contributed by atoms with Gasteiger partial charge in [-0.25, -0.2) is 4.79 Å². The molecule has 0 saturated heterocycles. The predicted octanol–water partition coefficient (Wildman–Crippen LogP) is 1.81. The summed E-state index contributed by atoms with van der Waals surface area (Å²) >= 11 is 0. The summed E-state index contributed by atoms with van der Waals surface area (Å²) < 4.78 is 10.2. The van der Waals surface area contributed by atoms with Gasteiger partial charge in [-0.1, -0.05) is 0 Å². The molecule has 0 saturated carbocycles. The lowest BCUT2D eigenvalue weighted by Gasteiger charge is -2.06. The Morgan fingerprint density at radius 3 is 2.48 bits per heavy atom. The van der Waals surface area contributed by atoms with E-state index in [1.54, 1.807) is 0 Å². The van der Waals surface area contributed by atoms with Crippen molar-refractivity contribution in [3.8, 4) is 11.6 Å². The predicted molar refractivity (Wildman–Crippen MR) is 69.9 cm³/mol. The van der Waals surface area contributed by atoms with Crippen LogP contribution in [0.15, 0.2) is 42.6 Å². The molecule has 0 unspecified atom stereocenters. The van der Waals surface area contributed by atoms with Crippen LogP contribution in [0.2, 0.25) is 0 Å². The van der Waals surface area contributed by atoms with Crippen LogP contribution in [0.4, 0.5) is 5.69 Å². The number of esters is 1. The van der Waals surface area contributed by atoms with Crippen LogP contribution in [0.5, 0.6) is 11.6 Å². The number of nitro groups is 1. The number of aromatic nitrogens is 1. The van der Waals surface area contributed by atoms with E-state index < -0.39 is 10.9 Å². The first-order chi connectivity index (χ1) is 10.0. The molecule has 8 heteroatoms. The van der Waals surface area contributed by atoms with E-state index in [1.165, 1.54) is 31.4 Å². The van der Waals surface area contributed by atoms with Crippen molar-refractivity contribution in [2.45, 2.75) is 0 Å². The van der Waals surface area contributed by atoms with E-state index in [1.807, 2.05) is 0 Å². The molecule has 1 aromatic heterocycles. The van der Waals surface area contributed by atoms with Crippen LogP contribution in [0.3, 0.4) is 0 Å². The van der Waals surface area contributed by atoms with Crippen molar-refractivity contribution in [3.05, 3.63) is 63.5 Å². The van der Waals surface area contributed by atoms with Gasteiger partial charge in [-0.3, -0.25) is 10.1 Å². The Labute approximate surface area is 118 Å². The van der Waals surface area contributed by atoms with E-state index in [4.69, 9.17) is 4.74 Å². The Morgan fingerprint density at radius 1 is 1.24 bits per heavy atom. The first kappa shape index (κ1) is 14.3. The van der Waals surface area contributed by atoms with E-state index in [0.717, 1.165) is 18.3 Å². The van der Waals surface area contributed by atoms with E-state index in [-0.39, 0.29) is 17.3 Å². The standard InChI is InChI=1S/C13H10N2O6/c1-20-13(16)9-2-4-11(5-3-9)21-12-8-10(15(18)19)6-7-14(12)17/h2-8H,1H3. The van der Waals surface area contributed by atoms with Gasteiger partial charge in [0.1, 0.15) is 11.8 Å². The van der Waals surface area contributed by atoms with Crippen LogP contribution in [-0.2, 0) is 4.74 Å². The van der Waals surface area contributed by atoms with Gasteiger partial charge in [0.25, 0.3) is 5.69 Å². The molecule has 108 valence electrons. The van der Waals surface area contributed by atoms with E-state index >= 15 is 0 Å². The third-order valence-electron chi connectivity index (χ3n) is 2.58. The Bertz CT molecular complexity index is 684. The van der Waals surface area contributed by atoms with E-state index in [0.29, 0.717) is 10.3 Å². The second-order valence-corrected chi connectivity index (χ2v) is 3.92. The van der Waals surface area contributed by atoms with Crippen LogP contribution >= 0.6 is 0 Å². The zero-order chi connectivity index (χ0) is 15.4. The van der Waals surface area contributed by atoms with Crippen molar-refractivity contribution >= 4 is 11.7 Å². The molecule has 0 fully saturated rings. The molecule has 21 heavy (non-hydrogen) atoms. The number of ether oxygens (including phenoxy) is 2. The topological polar surface area (TPSA) is 106 Å². The van der Waals surface area contributed by atoms with Gasteiger partial charge < -0.3 is 14.7 Å². The second-order valence-electron chi connectivity index (χ2n) is 3.92. The molecule has 0 N–H and O–H groups in total. The highest BCUT2D eigenvalue weighted by molar-refractivity contribution is 5.89. The van der Waals surface area contributed by atoms with Gasteiger partial charge in [-0.05, 0) is 24.3 Å². The summed E-state index contributed by atoms with van der Waals surface area (Å²) in [5.41, 5.74) is 0.0576. The summed E-state index contributed by atoms with van der Waals surface area (Å²) in [6.45, 7) is 0. The maximum absolute atomic E-state index is 11.5. The lowest BCUT2D eigenvalue weighted by atomic mass is 10.2. The lowest BCUT2D eigenvalue weighted by Crippen LogP contribution is -2.27. The monoisotopic (exact) mass is 290 g/mol. The molecule has 0 spiro atoms. The van der Waals surface area contributed by atoms with Gasteiger partial charge in [0.15, 0.2) is 6.20 Å². The highest BCUT2D eigenvalue weighted by Gasteiger charge is 2.16. The number of methoxy groups -OCH3 is 1. The van der Waals surface area contributed by atoms with Gasteiger partial charge in [0.2, 0.25) is 0 Å². The zero-order valence-corrected chi connectivity index (χ0v) is 10.9. The molecule has 2 aromatic rings. The Balaban J connectivity index is 2.23. The van der Waals surface area contributed by atoms with E-state index in [9.17, 15) is 20.1 Å². The Morgan fingerprint density at radius 2 is 1.90 bits per heavy atom. The van der Waals surface area contributed by atoms with Crippen molar-refractivity contribution in [2.75, 3.05) is 7.11 Å². The minimum Gasteiger partial charge on any atom is -0.616 e. The van der Waals surface area contributed by atoms with Gasteiger partial charge in [0, 0.05) is 0 Å². The average Bonchev–Trinajstić information content (AvgIpc) is 2.49. The maximum atomic E-state index is 11.5. The minimum absolute atomic E-state index is 0.241. The van der Waals surface area contributed by atoms with Crippen LogP contribution < -0.4 is 9.47 Å². The number of pyridine rings is 1. The molecule has 0 bridgehead atoms. The average molecular weight is 290 g/mol. The molecule has 1 heterocycles. The minimum atomic E-state index is -0.632. The fourth-order valence-electron chi connectivity index (χ4n) is 1.54. The SMILES string of the molecule is COC(=O)c1ccc(Oc2cc([N+](=O)[O-])cc[n+]2[O-])cc1. The first-order valence-electron chi connectivity index (χ1n) is 5.75. The number of benzene rings is 1. The quantitative estimate of drug-likeness (QED) is 0.279. The number of rotatable bonds is 4. The highest BCUT2D eigenvalue weighted by atomic mass is 16.6. The van der Waals surface area contributed by atoms with E-state index in [2.05, 4.69) is 4.74 Å². The molecule has 0 amide bonds. The van der Waals surface area contributed by atoms with Crippen molar-refractivity contribution in [2.24, 2.45) is 0 Å². The third-order valence-corrected chi connectivity index (χ3v) is 2.58. The largest absolute Gasteiger partial charge is 0.616 e. The third kappa shape index (κ3) is 3.24. The van der Waals surface area contributed by atoms with Crippen molar-refractivity contribution < 1.29 is 23.9 Å². The molecule has 0 aliphatic carbocycles. The smallest absolute Gasteiger partial charge is 0.391 e. The van der Waals surface area contributed by atoms with Crippen LogP contribution in [-0.4, -0.2) is 18.0 Å². The number of hydrogen-bond donors (Lipinski definition) is 0. The van der Waals surface area contributed by atoms with Crippen LogP contribution in [0, 0.1) is 15.3 Å². The van der Waals surface area contributed by atoms with Crippen molar-refractivity contribution in [1.82, 2.24) is 0 Å². The molecule has 8 nitrogen and oxygen atoms in total. The van der Waals surface area contributed by atoms with Crippen molar-refractivity contribution in [1.29, 1.82) is 0 Å². The van der Waals surface area contributed by atoms with Gasteiger partial charge in [-0.15, -0.1) is 4.73 Å². The zero-order valence-electron chi connectivity index (χ0n) is 10.9. The summed E-state index contributed by atoms with van der Waals surface area (Å²) in [7, 11) is 1.26. The van der Waals surface area contributed by atoms with Crippen molar-refractivity contribution in [3.63, 3.8) is 0 Å². The molecule has 0 aliphatic rings. The van der Waals surface area contributed by atoms with Gasteiger partial charge >= 0.3 is 11.8 Å². The molecule has 0 aliphatic heterocycles. The summed E-state index contributed by atoms with van der Waals surface area (Å²) in [5.74, 6) is -0.487. The number of nitrogens with zero attached hydrogens (tertiary/aromatic N) is 2. The number of carbonyl (C=O) groups is 1. The highest BCUT2D eigenvalue weighted by Crippen LogP contribution is 2.22. The molecule has 1 aromatic carbocycles. The van der Waals surface area contributed by atoms with Crippen LogP contribution in [0.25, 0.3) is 0 Å². The molecule has 0 atom stereocenters. The lowest BCUT2D eigenvalue weighted by molar-refractivity contribution is -0.611. The van der Waals surface area contributed by atoms with Crippen LogP contribution in [0.1, 0.15) is 10.4 Å². The molecular formula is C13H10N2O6. The summed E-state index contributed by atoms with van der Waals surface area (Å²) in [6, 6.07) is 7.89. The normalized spacial score (nSPS) is 9.95. The molecule has 2 rings (SSSR count). The fourth-order valence-corrected chi connectivity index (χ4v) is 1.54. The summed E-state index contributed by atoms with van der Waals surface area (Å²) in [5, 5.41) is 22.2. The number of hydrogen-bond acceptors (Lipinski definition) is 6.